The number of carbonyl (C=O) groups excluding carboxylic acids is 2. The number of thioether (sulfide) groups is 1. The average Bonchev–Trinajstić information content (AvgIpc) is 2.93. The van der Waals surface area contributed by atoms with E-state index in [1.54, 1.807) is 30.3 Å². The van der Waals surface area contributed by atoms with Crippen LogP contribution in [0.3, 0.4) is 0 Å². The molecule has 0 fully saturated rings. The highest BCUT2D eigenvalue weighted by Crippen LogP contribution is 2.40. The molecule has 1 atom stereocenters. The van der Waals surface area contributed by atoms with Crippen molar-refractivity contribution in [3.8, 4) is 11.5 Å². The SMILES string of the molecule is COc1cc(OC)c(NC(=O)C(Sc2cccc(NC(=O)c3ccc(F)cc3)c2)c2ccccc2)cc1Cl. The monoisotopic (exact) mass is 550 g/mol. The number of rotatable bonds is 9. The van der Waals surface area contributed by atoms with Crippen molar-refractivity contribution in [2.75, 3.05) is 24.9 Å². The number of anilines is 2. The molecule has 38 heavy (non-hydrogen) atoms. The van der Waals surface area contributed by atoms with Gasteiger partial charge < -0.3 is 20.1 Å². The van der Waals surface area contributed by atoms with Crippen LogP contribution in [0.2, 0.25) is 5.02 Å². The fourth-order valence-electron chi connectivity index (χ4n) is 3.64. The molecule has 0 spiro atoms. The molecule has 194 valence electrons. The summed E-state index contributed by atoms with van der Waals surface area (Å²) in [5.41, 5.74) is 2.07. The quantitative estimate of drug-likeness (QED) is 0.215. The maximum Gasteiger partial charge on any atom is 0.255 e. The molecule has 9 heteroatoms. The second-order valence-electron chi connectivity index (χ2n) is 8.07. The van der Waals surface area contributed by atoms with Gasteiger partial charge in [0.2, 0.25) is 5.91 Å². The van der Waals surface area contributed by atoms with Crippen molar-refractivity contribution in [1.82, 2.24) is 0 Å². The van der Waals surface area contributed by atoms with Crippen LogP contribution in [0.15, 0.2) is 95.9 Å². The number of nitrogens with one attached hydrogen (secondary N) is 2. The minimum Gasteiger partial charge on any atom is -0.495 e. The summed E-state index contributed by atoms with van der Waals surface area (Å²) in [7, 11) is 2.99. The van der Waals surface area contributed by atoms with Gasteiger partial charge >= 0.3 is 0 Å². The number of ether oxygens (including phenoxy) is 2. The molecule has 0 saturated heterocycles. The predicted molar refractivity (Wildman–Crippen MR) is 149 cm³/mol. The normalized spacial score (nSPS) is 11.4. The minimum absolute atomic E-state index is 0.290. The van der Waals surface area contributed by atoms with Crippen LogP contribution in [0.25, 0.3) is 0 Å². The summed E-state index contributed by atoms with van der Waals surface area (Å²) in [6.07, 6.45) is 0. The van der Waals surface area contributed by atoms with Crippen molar-refractivity contribution in [2.24, 2.45) is 0 Å². The van der Waals surface area contributed by atoms with Crippen LogP contribution < -0.4 is 20.1 Å². The number of methoxy groups -OCH3 is 2. The summed E-state index contributed by atoms with van der Waals surface area (Å²) in [5.74, 6) is -0.244. The molecule has 0 saturated carbocycles. The van der Waals surface area contributed by atoms with Gasteiger partial charge in [0.1, 0.15) is 22.6 Å². The molecule has 0 aliphatic rings. The summed E-state index contributed by atoms with van der Waals surface area (Å²) in [4.78, 5) is 26.9. The highest BCUT2D eigenvalue weighted by atomic mass is 35.5. The highest BCUT2D eigenvalue weighted by Gasteiger charge is 2.24. The lowest BCUT2D eigenvalue weighted by Gasteiger charge is -2.19. The van der Waals surface area contributed by atoms with Crippen molar-refractivity contribution in [3.63, 3.8) is 0 Å². The Morgan fingerprint density at radius 1 is 0.842 bits per heavy atom. The molecular weight excluding hydrogens is 527 g/mol. The van der Waals surface area contributed by atoms with Gasteiger partial charge in [0.25, 0.3) is 5.91 Å². The summed E-state index contributed by atoms with van der Waals surface area (Å²) < 4.78 is 23.9. The van der Waals surface area contributed by atoms with Gasteiger partial charge in [-0.15, -0.1) is 11.8 Å². The first-order valence-electron chi connectivity index (χ1n) is 11.5. The molecule has 4 rings (SSSR count). The molecule has 4 aromatic carbocycles. The van der Waals surface area contributed by atoms with Crippen LogP contribution in [0, 0.1) is 5.82 Å². The lowest BCUT2D eigenvalue weighted by Crippen LogP contribution is -2.19. The fourth-order valence-corrected chi connectivity index (χ4v) is 4.97. The third kappa shape index (κ3) is 6.65. The molecule has 2 N–H and O–H groups in total. The number of benzene rings is 4. The van der Waals surface area contributed by atoms with E-state index in [4.69, 9.17) is 21.1 Å². The third-order valence-corrected chi connectivity index (χ3v) is 7.07. The maximum atomic E-state index is 13.6. The van der Waals surface area contributed by atoms with E-state index < -0.39 is 11.1 Å². The first-order chi connectivity index (χ1) is 18.4. The number of hydrogen-bond acceptors (Lipinski definition) is 5. The average molecular weight is 551 g/mol. The van der Waals surface area contributed by atoms with Gasteiger partial charge in [-0.3, -0.25) is 9.59 Å². The Bertz CT molecular complexity index is 1430. The van der Waals surface area contributed by atoms with E-state index in [0.717, 1.165) is 10.5 Å². The Balaban J connectivity index is 1.57. The topological polar surface area (TPSA) is 76.7 Å². The van der Waals surface area contributed by atoms with Gasteiger partial charge in [-0.25, -0.2) is 4.39 Å². The Morgan fingerprint density at radius 3 is 2.24 bits per heavy atom. The third-order valence-electron chi connectivity index (χ3n) is 5.52. The first-order valence-corrected chi connectivity index (χ1v) is 12.7. The fraction of sp³-hybridized carbons (Fsp3) is 0.103. The molecule has 0 aromatic heterocycles. The van der Waals surface area contributed by atoms with Crippen LogP contribution >= 0.6 is 23.4 Å². The van der Waals surface area contributed by atoms with E-state index >= 15 is 0 Å². The molecule has 4 aromatic rings. The molecule has 0 radical (unpaired) electrons. The summed E-state index contributed by atoms with van der Waals surface area (Å²) >= 11 is 7.61. The van der Waals surface area contributed by atoms with Crippen molar-refractivity contribution in [3.05, 3.63) is 113 Å². The van der Waals surface area contributed by atoms with Gasteiger partial charge in [0, 0.05) is 22.2 Å². The zero-order valence-electron chi connectivity index (χ0n) is 20.5. The Morgan fingerprint density at radius 2 is 1.55 bits per heavy atom. The second kappa shape index (κ2) is 12.5. The van der Waals surface area contributed by atoms with Gasteiger partial charge in [-0.05, 0) is 54.1 Å². The molecule has 0 aliphatic heterocycles. The molecule has 6 nitrogen and oxygen atoms in total. The standard InChI is InChI=1S/C29H24ClFN2O4S/c1-36-25-17-26(37-2)24(16-23(25)30)33-29(35)27(18-7-4-3-5-8-18)38-22-10-6-9-21(15-22)32-28(34)19-11-13-20(31)14-12-19/h3-17,27H,1-2H3,(H,32,34)(H,33,35). The number of halogens is 2. The van der Waals surface area contributed by atoms with Gasteiger partial charge in [-0.1, -0.05) is 48.0 Å². The van der Waals surface area contributed by atoms with Crippen LogP contribution in [-0.4, -0.2) is 26.0 Å². The Hall–Kier alpha value is -4.01. The van der Waals surface area contributed by atoms with E-state index in [0.29, 0.717) is 33.5 Å². The van der Waals surface area contributed by atoms with Crippen molar-refractivity contribution < 1.29 is 23.5 Å². The van der Waals surface area contributed by atoms with Crippen molar-refractivity contribution in [1.29, 1.82) is 0 Å². The zero-order chi connectivity index (χ0) is 27.1. The van der Waals surface area contributed by atoms with Crippen LogP contribution in [-0.2, 0) is 4.79 Å². The van der Waals surface area contributed by atoms with Gasteiger partial charge in [0.15, 0.2) is 0 Å². The zero-order valence-corrected chi connectivity index (χ0v) is 22.1. The van der Waals surface area contributed by atoms with E-state index in [1.165, 1.54) is 50.2 Å². The number of hydrogen-bond donors (Lipinski definition) is 2. The lowest BCUT2D eigenvalue weighted by molar-refractivity contribution is -0.115. The van der Waals surface area contributed by atoms with Crippen LogP contribution in [0.1, 0.15) is 21.2 Å². The van der Waals surface area contributed by atoms with Crippen LogP contribution in [0.4, 0.5) is 15.8 Å². The van der Waals surface area contributed by atoms with Crippen molar-refractivity contribution in [2.45, 2.75) is 10.1 Å². The Kier molecular flexibility index (Phi) is 8.89. The molecule has 0 heterocycles. The Labute approximate surface area is 229 Å². The van der Waals surface area contributed by atoms with E-state index in [9.17, 15) is 14.0 Å². The summed E-state index contributed by atoms with van der Waals surface area (Å²) in [6.45, 7) is 0. The van der Waals surface area contributed by atoms with E-state index in [2.05, 4.69) is 10.6 Å². The van der Waals surface area contributed by atoms with E-state index in [-0.39, 0.29) is 11.8 Å². The number of amides is 2. The largest absolute Gasteiger partial charge is 0.495 e. The van der Waals surface area contributed by atoms with Crippen molar-refractivity contribution >= 4 is 46.6 Å². The number of carbonyl (C=O) groups is 2. The molecular formula is C29H24ClFN2O4S. The first kappa shape index (κ1) is 27.0. The molecule has 0 aliphatic carbocycles. The molecule has 0 bridgehead atoms. The predicted octanol–water partition coefficient (Wildman–Crippen LogP) is 7.22. The van der Waals surface area contributed by atoms with E-state index in [1.807, 2.05) is 36.4 Å². The summed E-state index contributed by atoms with van der Waals surface area (Å²) in [5, 5.41) is 5.43. The lowest BCUT2D eigenvalue weighted by atomic mass is 10.1. The van der Waals surface area contributed by atoms with Crippen LogP contribution in [0.5, 0.6) is 11.5 Å². The van der Waals surface area contributed by atoms with Gasteiger partial charge in [0.05, 0.1) is 24.9 Å². The smallest absolute Gasteiger partial charge is 0.255 e. The summed E-state index contributed by atoms with van der Waals surface area (Å²) in [6, 6.07) is 25.0. The second-order valence-corrected chi connectivity index (χ2v) is 9.66. The minimum atomic E-state index is -0.634. The molecule has 1 unspecified atom stereocenters. The van der Waals surface area contributed by atoms with Gasteiger partial charge in [-0.2, -0.15) is 0 Å². The molecule has 2 amide bonds. The maximum absolute atomic E-state index is 13.6. The highest BCUT2D eigenvalue weighted by molar-refractivity contribution is 8.00.